The van der Waals surface area contributed by atoms with E-state index in [1.54, 1.807) is 7.11 Å². The fourth-order valence-electron chi connectivity index (χ4n) is 3.74. The topological polar surface area (TPSA) is 47.9 Å². The lowest BCUT2D eigenvalue weighted by atomic mass is 9.99. The Labute approximate surface area is 201 Å². The van der Waals surface area contributed by atoms with Crippen molar-refractivity contribution in [1.29, 1.82) is 0 Å². The first-order valence-corrected chi connectivity index (χ1v) is 11.5. The Kier molecular flexibility index (Phi) is 7.61. The first kappa shape index (κ1) is 23.1. The maximum Gasteiger partial charge on any atom is 0.164 e. The van der Waals surface area contributed by atoms with Gasteiger partial charge in [-0.15, -0.1) is 0 Å². The van der Waals surface area contributed by atoms with Crippen molar-refractivity contribution < 1.29 is 4.74 Å². The average Bonchev–Trinajstić information content (AvgIpc) is 2.91. The van der Waals surface area contributed by atoms with E-state index < -0.39 is 0 Å². The molecule has 4 nitrogen and oxygen atoms in total. The molecule has 4 rings (SSSR count). The number of benzene rings is 3. The predicted molar refractivity (Wildman–Crippen MR) is 139 cm³/mol. The lowest BCUT2D eigenvalue weighted by Crippen LogP contribution is -2.07. The molecule has 0 aliphatic carbocycles. The Morgan fingerprint density at radius 3 is 2.00 bits per heavy atom. The number of allylic oxidation sites excluding steroid dienone is 4. The molecule has 0 fully saturated rings. The molecule has 0 saturated carbocycles. The van der Waals surface area contributed by atoms with Gasteiger partial charge in [0, 0.05) is 17.0 Å². The summed E-state index contributed by atoms with van der Waals surface area (Å²) >= 11 is 0. The monoisotopic (exact) mass is 447 g/mol. The van der Waals surface area contributed by atoms with Crippen LogP contribution >= 0.6 is 0 Å². The zero-order valence-corrected chi connectivity index (χ0v) is 19.8. The van der Waals surface area contributed by atoms with Gasteiger partial charge in [-0.3, -0.25) is 0 Å². The summed E-state index contributed by atoms with van der Waals surface area (Å²) < 4.78 is 5.25. The van der Waals surface area contributed by atoms with Crippen molar-refractivity contribution in [3.63, 3.8) is 0 Å². The van der Waals surface area contributed by atoms with Crippen molar-refractivity contribution in [3.8, 4) is 33.9 Å². The Morgan fingerprint density at radius 2 is 1.35 bits per heavy atom. The van der Waals surface area contributed by atoms with Crippen LogP contribution in [-0.4, -0.2) is 22.1 Å². The van der Waals surface area contributed by atoms with Gasteiger partial charge in [-0.05, 0) is 30.5 Å². The lowest BCUT2D eigenvalue weighted by molar-refractivity contribution is 0.294. The molecule has 0 aliphatic rings. The van der Waals surface area contributed by atoms with E-state index >= 15 is 0 Å². The highest BCUT2D eigenvalue weighted by Gasteiger charge is 2.17. The van der Waals surface area contributed by atoms with Crippen molar-refractivity contribution in [2.45, 2.75) is 26.2 Å². The molecular formula is C30H29N3O. The molecule has 170 valence electrons. The summed E-state index contributed by atoms with van der Waals surface area (Å²) in [5.41, 5.74) is 4.19. The van der Waals surface area contributed by atoms with E-state index in [2.05, 4.69) is 37.3 Å². The summed E-state index contributed by atoms with van der Waals surface area (Å²) in [5.74, 6) is 3.02. The first-order chi connectivity index (χ1) is 16.7. The maximum absolute atomic E-state index is 5.25. The van der Waals surface area contributed by atoms with Gasteiger partial charge in [0.2, 0.25) is 0 Å². The minimum atomic E-state index is 0.0500. The van der Waals surface area contributed by atoms with E-state index in [9.17, 15) is 0 Å². The molecule has 1 heterocycles. The third-order valence-corrected chi connectivity index (χ3v) is 5.71. The molecule has 34 heavy (non-hydrogen) atoms. The normalized spacial score (nSPS) is 12.6. The third-order valence-electron chi connectivity index (χ3n) is 5.71. The number of aromatic nitrogens is 3. The van der Waals surface area contributed by atoms with Crippen LogP contribution in [0.2, 0.25) is 0 Å². The van der Waals surface area contributed by atoms with E-state index in [0.29, 0.717) is 11.6 Å². The zero-order chi connectivity index (χ0) is 23.8. The van der Waals surface area contributed by atoms with Crippen LogP contribution in [0, 0.1) is 0 Å². The maximum atomic E-state index is 5.25. The van der Waals surface area contributed by atoms with Gasteiger partial charge in [-0.25, -0.2) is 15.0 Å². The largest absolute Gasteiger partial charge is 0.501 e. The summed E-state index contributed by atoms with van der Waals surface area (Å²) in [6, 6.07) is 28.7. The average molecular weight is 448 g/mol. The number of ether oxygens (including phenoxy) is 1. The van der Waals surface area contributed by atoms with Crippen LogP contribution in [-0.2, 0) is 4.74 Å². The first-order valence-electron chi connectivity index (χ1n) is 11.5. The van der Waals surface area contributed by atoms with Crippen molar-refractivity contribution in [2.75, 3.05) is 7.11 Å². The van der Waals surface area contributed by atoms with Gasteiger partial charge in [0.25, 0.3) is 0 Å². The number of methoxy groups -OCH3 is 1. The second-order valence-electron chi connectivity index (χ2n) is 8.00. The zero-order valence-electron chi connectivity index (χ0n) is 19.8. The number of nitrogens with zero attached hydrogens (tertiary/aromatic N) is 3. The van der Waals surface area contributed by atoms with Crippen LogP contribution in [0.3, 0.4) is 0 Å². The van der Waals surface area contributed by atoms with Crippen LogP contribution in [0.15, 0.2) is 109 Å². The van der Waals surface area contributed by atoms with E-state index in [0.717, 1.165) is 40.3 Å². The third kappa shape index (κ3) is 5.46. The minimum absolute atomic E-state index is 0.0500. The fourth-order valence-corrected chi connectivity index (χ4v) is 3.74. The Bertz CT molecular complexity index is 1280. The van der Waals surface area contributed by atoms with Gasteiger partial charge in [-0.1, -0.05) is 104 Å². The molecule has 1 aromatic heterocycles. The van der Waals surface area contributed by atoms with Gasteiger partial charge >= 0.3 is 0 Å². The number of hydrogen-bond acceptors (Lipinski definition) is 4. The van der Waals surface area contributed by atoms with E-state index in [1.807, 2.05) is 79.7 Å². The summed E-state index contributed by atoms with van der Waals surface area (Å²) in [5, 5.41) is 0. The smallest absolute Gasteiger partial charge is 0.164 e. The molecular weight excluding hydrogens is 418 g/mol. The summed E-state index contributed by atoms with van der Waals surface area (Å²) in [6.45, 7) is 4.08. The molecule has 4 aromatic rings. The van der Waals surface area contributed by atoms with Crippen LogP contribution in [0.1, 0.15) is 32.0 Å². The predicted octanol–water partition coefficient (Wildman–Crippen LogP) is 7.47. The quantitative estimate of drug-likeness (QED) is 0.208. The second-order valence-corrected chi connectivity index (χ2v) is 8.00. The number of rotatable bonds is 8. The molecule has 0 bridgehead atoms. The highest BCUT2D eigenvalue weighted by molar-refractivity contribution is 5.81. The van der Waals surface area contributed by atoms with Gasteiger partial charge in [0.05, 0.1) is 12.9 Å². The van der Waals surface area contributed by atoms with Gasteiger partial charge in [0.15, 0.2) is 11.6 Å². The van der Waals surface area contributed by atoms with Crippen molar-refractivity contribution in [3.05, 3.63) is 115 Å². The SMILES string of the molecule is CCC(/C=C\C=C(/C)OC)c1nc(-c2ccccc2)nc(-c2ccccc2-c2ccccc2)n1. The van der Waals surface area contributed by atoms with Gasteiger partial charge in [0.1, 0.15) is 5.82 Å². The molecule has 0 radical (unpaired) electrons. The summed E-state index contributed by atoms with van der Waals surface area (Å²) in [7, 11) is 1.67. The fraction of sp³-hybridized carbons (Fsp3) is 0.167. The Hall–Kier alpha value is -4.05. The molecule has 0 N–H and O–H groups in total. The summed E-state index contributed by atoms with van der Waals surface area (Å²) in [4.78, 5) is 14.8. The molecule has 1 unspecified atom stereocenters. The van der Waals surface area contributed by atoms with Crippen LogP contribution in [0.4, 0.5) is 0 Å². The van der Waals surface area contributed by atoms with Gasteiger partial charge < -0.3 is 4.74 Å². The van der Waals surface area contributed by atoms with Crippen molar-refractivity contribution in [1.82, 2.24) is 15.0 Å². The molecule has 1 atom stereocenters. The second kappa shape index (κ2) is 11.2. The standard InChI is InChI=1S/C30H29N3O/c1-4-23(19-13-14-22(2)34-3)28-31-29(25-17-9-6-10-18-25)33-30(32-28)27-21-12-11-20-26(27)24-15-7-5-8-16-24/h5-21,23H,4H2,1-3H3/b19-13-,22-14+. The van der Waals surface area contributed by atoms with Gasteiger partial charge in [-0.2, -0.15) is 0 Å². The summed E-state index contributed by atoms with van der Waals surface area (Å²) in [6.07, 6.45) is 6.96. The molecule has 0 spiro atoms. The molecule has 4 heteroatoms. The Balaban J connectivity index is 1.86. The van der Waals surface area contributed by atoms with Crippen LogP contribution in [0.5, 0.6) is 0 Å². The number of hydrogen-bond donors (Lipinski definition) is 0. The highest BCUT2D eigenvalue weighted by Crippen LogP contribution is 2.32. The van der Waals surface area contributed by atoms with Crippen LogP contribution < -0.4 is 0 Å². The molecule has 3 aromatic carbocycles. The highest BCUT2D eigenvalue weighted by atomic mass is 16.5. The Morgan fingerprint density at radius 1 is 0.765 bits per heavy atom. The molecule has 0 saturated heterocycles. The van der Waals surface area contributed by atoms with E-state index in [4.69, 9.17) is 19.7 Å². The van der Waals surface area contributed by atoms with Crippen LogP contribution in [0.25, 0.3) is 33.9 Å². The minimum Gasteiger partial charge on any atom is -0.501 e. The van der Waals surface area contributed by atoms with E-state index in [1.165, 1.54) is 0 Å². The van der Waals surface area contributed by atoms with Crippen molar-refractivity contribution in [2.24, 2.45) is 0 Å². The lowest BCUT2D eigenvalue weighted by Gasteiger charge is -2.14. The molecule has 0 amide bonds. The van der Waals surface area contributed by atoms with E-state index in [-0.39, 0.29) is 5.92 Å². The molecule has 0 aliphatic heterocycles. The van der Waals surface area contributed by atoms with Crippen molar-refractivity contribution >= 4 is 0 Å².